The summed E-state index contributed by atoms with van der Waals surface area (Å²) in [7, 11) is 0. The smallest absolute Gasteiger partial charge is 0.241 e. The number of thioether (sulfide) groups is 1. The molecule has 1 aromatic carbocycles. The first kappa shape index (κ1) is 16.4. The largest absolute Gasteiger partial charge is 0.325 e. The van der Waals surface area contributed by atoms with Crippen LogP contribution in [0.3, 0.4) is 0 Å². The van der Waals surface area contributed by atoms with Gasteiger partial charge in [-0.25, -0.2) is 0 Å². The monoisotopic (exact) mass is 306 g/mol. The topological polar surface area (TPSA) is 41.1 Å². The molecule has 2 rings (SSSR count). The van der Waals surface area contributed by atoms with Gasteiger partial charge >= 0.3 is 0 Å². The summed E-state index contributed by atoms with van der Waals surface area (Å²) < 4.78 is 0.332. The normalized spacial score (nSPS) is 18.4. The van der Waals surface area contributed by atoms with Gasteiger partial charge in [-0.2, -0.15) is 11.8 Å². The Morgan fingerprint density at radius 2 is 1.90 bits per heavy atom. The molecule has 1 aliphatic rings. The van der Waals surface area contributed by atoms with Gasteiger partial charge in [0, 0.05) is 17.0 Å². The Labute approximate surface area is 132 Å². The van der Waals surface area contributed by atoms with Crippen LogP contribution in [0, 0.1) is 6.92 Å². The van der Waals surface area contributed by atoms with Crippen molar-refractivity contribution in [3.63, 3.8) is 0 Å². The first-order valence-corrected chi connectivity index (χ1v) is 8.93. The number of hydrogen-bond donors (Lipinski definition) is 2. The van der Waals surface area contributed by atoms with Crippen LogP contribution in [-0.4, -0.2) is 29.5 Å². The van der Waals surface area contributed by atoms with Crippen LogP contribution < -0.4 is 10.6 Å². The van der Waals surface area contributed by atoms with Crippen LogP contribution in [0.2, 0.25) is 0 Å². The van der Waals surface area contributed by atoms with Crippen LogP contribution in [0.15, 0.2) is 24.3 Å². The van der Waals surface area contributed by atoms with Crippen LogP contribution in [-0.2, 0) is 4.79 Å². The Balaban J connectivity index is 1.83. The molecule has 0 saturated heterocycles. The molecule has 0 spiro atoms. The fraction of sp³-hybridized carbons (Fsp3) is 0.588. The maximum absolute atomic E-state index is 12.2. The predicted molar refractivity (Wildman–Crippen MR) is 92.0 cm³/mol. The molecule has 3 nitrogen and oxygen atoms in total. The number of rotatable bonds is 6. The minimum atomic E-state index is -0.170. The van der Waals surface area contributed by atoms with E-state index >= 15 is 0 Å². The fourth-order valence-corrected chi connectivity index (χ4v) is 3.72. The standard InChI is InChI=1S/C17H26N2OS/c1-13-6-8-15(9-7-13)19-16(20)14(2)18-12-17(21-3)10-4-5-11-17/h6-9,14,18H,4-5,10-12H2,1-3H3,(H,19,20). The SMILES string of the molecule is CSC1(CNC(C)C(=O)Nc2ccc(C)cc2)CCCC1. The highest BCUT2D eigenvalue weighted by Gasteiger charge is 2.33. The predicted octanol–water partition coefficient (Wildman–Crippen LogP) is 3.59. The molecule has 1 unspecified atom stereocenters. The van der Waals surface area contributed by atoms with Crippen LogP contribution in [0.4, 0.5) is 5.69 Å². The zero-order chi connectivity index (χ0) is 15.3. The molecular formula is C17H26N2OS. The van der Waals surface area contributed by atoms with Gasteiger partial charge in [0.1, 0.15) is 0 Å². The van der Waals surface area contributed by atoms with Crippen molar-refractivity contribution < 1.29 is 4.79 Å². The van der Waals surface area contributed by atoms with Crippen molar-refractivity contribution in [3.05, 3.63) is 29.8 Å². The van der Waals surface area contributed by atoms with E-state index in [9.17, 15) is 4.79 Å². The first-order chi connectivity index (χ1) is 10.0. The minimum absolute atomic E-state index is 0.0353. The highest BCUT2D eigenvalue weighted by Crippen LogP contribution is 2.39. The molecule has 2 N–H and O–H groups in total. The molecule has 1 amide bonds. The van der Waals surface area contributed by atoms with Crippen LogP contribution >= 0.6 is 11.8 Å². The van der Waals surface area contributed by atoms with Gasteiger partial charge in [-0.3, -0.25) is 4.79 Å². The third-order valence-corrected chi connectivity index (χ3v) is 5.81. The molecule has 0 aromatic heterocycles. The maximum Gasteiger partial charge on any atom is 0.241 e. The molecule has 1 aliphatic carbocycles. The summed E-state index contributed by atoms with van der Waals surface area (Å²) in [5, 5.41) is 6.38. The molecule has 0 bridgehead atoms. The van der Waals surface area contributed by atoms with E-state index < -0.39 is 0 Å². The zero-order valence-electron chi connectivity index (χ0n) is 13.2. The van der Waals surface area contributed by atoms with Gasteiger partial charge in [0.2, 0.25) is 5.91 Å². The van der Waals surface area contributed by atoms with Gasteiger partial charge in [0.25, 0.3) is 0 Å². The average Bonchev–Trinajstić information content (AvgIpc) is 2.96. The summed E-state index contributed by atoms with van der Waals surface area (Å²) in [6.45, 7) is 4.89. The Kier molecular flexibility index (Phi) is 5.71. The Morgan fingerprint density at radius 3 is 2.48 bits per heavy atom. The maximum atomic E-state index is 12.2. The van der Waals surface area contributed by atoms with E-state index in [-0.39, 0.29) is 11.9 Å². The van der Waals surface area contributed by atoms with Crippen molar-refractivity contribution in [2.24, 2.45) is 0 Å². The van der Waals surface area contributed by atoms with Crippen molar-refractivity contribution in [2.45, 2.75) is 50.3 Å². The second-order valence-corrected chi connectivity index (χ2v) is 7.33. The van der Waals surface area contributed by atoms with E-state index in [1.165, 1.54) is 31.2 Å². The lowest BCUT2D eigenvalue weighted by Crippen LogP contribution is -2.44. The average molecular weight is 306 g/mol. The van der Waals surface area contributed by atoms with E-state index in [4.69, 9.17) is 0 Å². The third kappa shape index (κ3) is 4.48. The highest BCUT2D eigenvalue weighted by atomic mass is 32.2. The van der Waals surface area contributed by atoms with Crippen molar-refractivity contribution in [3.8, 4) is 0 Å². The zero-order valence-corrected chi connectivity index (χ0v) is 14.1. The highest BCUT2D eigenvalue weighted by molar-refractivity contribution is 8.00. The van der Waals surface area contributed by atoms with Gasteiger partial charge in [-0.1, -0.05) is 30.5 Å². The third-order valence-electron chi connectivity index (χ3n) is 4.39. The summed E-state index contributed by atoms with van der Waals surface area (Å²) in [5.41, 5.74) is 2.06. The number of benzene rings is 1. The summed E-state index contributed by atoms with van der Waals surface area (Å²) in [4.78, 5) is 12.2. The van der Waals surface area contributed by atoms with Crippen LogP contribution in [0.1, 0.15) is 38.2 Å². The van der Waals surface area contributed by atoms with Gasteiger partial charge in [0.05, 0.1) is 6.04 Å². The van der Waals surface area contributed by atoms with E-state index in [2.05, 4.69) is 16.9 Å². The number of anilines is 1. The molecule has 1 fully saturated rings. The number of carbonyl (C=O) groups excluding carboxylic acids is 1. The Hall–Kier alpha value is -1.00. The van der Waals surface area contributed by atoms with Gasteiger partial charge in [0.15, 0.2) is 0 Å². The summed E-state index contributed by atoms with van der Waals surface area (Å²) in [6, 6.07) is 7.74. The van der Waals surface area contributed by atoms with Gasteiger partial charge in [-0.05, 0) is 45.1 Å². The summed E-state index contributed by atoms with van der Waals surface area (Å²) in [5.74, 6) is 0.0353. The van der Waals surface area contributed by atoms with Crippen LogP contribution in [0.5, 0.6) is 0 Å². The van der Waals surface area contributed by atoms with Crippen molar-refractivity contribution in [1.82, 2.24) is 5.32 Å². The summed E-state index contributed by atoms with van der Waals surface area (Å²) >= 11 is 1.94. The lowest BCUT2D eigenvalue weighted by atomic mass is 10.1. The quantitative estimate of drug-likeness (QED) is 0.844. The number of carbonyl (C=O) groups is 1. The second-order valence-electron chi connectivity index (χ2n) is 6.05. The molecule has 116 valence electrons. The van der Waals surface area contributed by atoms with Crippen molar-refractivity contribution >= 4 is 23.4 Å². The van der Waals surface area contributed by atoms with Crippen molar-refractivity contribution in [1.29, 1.82) is 0 Å². The number of hydrogen-bond acceptors (Lipinski definition) is 3. The molecule has 0 heterocycles. The molecule has 1 saturated carbocycles. The minimum Gasteiger partial charge on any atom is -0.325 e. The molecule has 21 heavy (non-hydrogen) atoms. The Bertz CT molecular complexity index is 466. The number of nitrogens with one attached hydrogen (secondary N) is 2. The molecule has 0 radical (unpaired) electrons. The lowest BCUT2D eigenvalue weighted by molar-refractivity contribution is -0.117. The van der Waals surface area contributed by atoms with E-state index in [1.54, 1.807) is 0 Å². The van der Waals surface area contributed by atoms with Gasteiger partial charge < -0.3 is 10.6 Å². The van der Waals surface area contributed by atoms with Crippen molar-refractivity contribution in [2.75, 3.05) is 18.1 Å². The molecule has 4 heteroatoms. The van der Waals surface area contributed by atoms with Gasteiger partial charge in [-0.15, -0.1) is 0 Å². The number of aryl methyl sites for hydroxylation is 1. The lowest BCUT2D eigenvalue weighted by Gasteiger charge is -2.28. The van der Waals surface area contributed by atoms with E-state index in [0.717, 1.165) is 12.2 Å². The molecule has 1 aromatic rings. The molecule has 0 aliphatic heterocycles. The van der Waals surface area contributed by atoms with Crippen LogP contribution in [0.25, 0.3) is 0 Å². The van der Waals surface area contributed by atoms with E-state index in [1.807, 2.05) is 49.9 Å². The van der Waals surface area contributed by atoms with E-state index in [0.29, 0.717) is 4.75 Å². The molecule has 1 atom stereocenters. The number of amides is 1. The second kappa shape index (κ2) is 7.32. The summed E-state index contributed by atoms with van der Waals surface area (Å²) in [6.07, 6.45) is 7.32. The fourth-order valence-electron chi connectivity index (χ4n) is 2.79. The Morgan fingerprint density at radius 1 is 1.29 bits per heavy atom. The molecular weight excluding hydrogens is 280 g/mol. The first-order valence-electron chi connectivity index (χ1n) is 7.71.